The molecule has 2 aliphatic carbocycles. The van der Waals surface area contributed by atoms with E-state index in [1.54, 1.807) is 6.08 Å². The Hall–Kier alpha value is -1.20. The van der Waals surface area contributed by atoms with Gasteiger partial charge in [0.05, 0.1) is 7.45 Å². The van der Waals surface area contributed by atoms with E-state index in [0.717, 1.165) is 44.9 Å². The lowest BCUT2D eigenvalue weighted by Crippen LogP contribution is -2.27. The van der Waals surface area contributed by atoms with Crippen LogP contribution in [0.3, 0.4) is 0 Å². The average molecular weight is 396 g/mol. The number of hydrogen-bond acceptors (Lipinski definition) is 4. The Morgan fingerprint density at radius 1 is 1.36 bits per heavy atom. The number of allylic oxidation sites excluding steroid dienone is 1. The summed E-state index contributed by atoms with van der Waals surface area (Å²) in [6.45, 7) is 5.91. The van der Waals surface area contributed by atoms with E-state index >= 15 is 0 Å². The SMILES string of the molecule is [2H][C@@](O)(C=C[C@H]1CCC(=O)[C@@H]1CCCC[C@@H]1C[C@@]1(O)C(=O)O)C(C)(C)CCCC. The van der Waals surface area contributed by atoms with Gasteiger partial charge in [0, 0.05) is 18.3 Å². The van der Waals surface area contributed by atoms with Crippen LogP contribution in [-0.2, 0) is 9.59 Å². The summed E-state index contributed by atoms with van der Waals surface area (Å²) in [4.78, 5) is 23.3. The van der Waals surface area contributed by atoms with Crippen molar-refractivity contribution in [2.75, 3.05) is 0 Å². The van der Waals surface area contributed by atoms with Crippen LogP contribution in [0.4, 0.5) is 0 Å². The summed E-state index contributed by atoms with van der Waals surface area (Å²) in [5.41, 5.74) is -2.08. The molecule has 160 valence electrons. The first kappa shape index (κ1) is 21.5. The van der Waals surface area contributed by atoms with Gasteiger partial charge in [0.15, 0.2) is 5.60 Å². The number of ketones is 1. The lowest BCUT2D eigenvalue weighted by Gasteiger charge is -2.29. The molecule has 2 aliphatic rings. The van der Waals surface area contributed by atoms with Crippen LogP contribution < -0.4 is 0 Å². The maximum Gasteiger partial charge on any atom is 0.335 e. The minimum atomic E-state index is -1.66. The number of Topliss-reactive ketones (excluding diaryl/α,β-unsaturated/α-hetero) is 1. The standard InChI is InChI=1S/C23H38O5/c1-4-5-14-22(2,3)20(25)13-11-16-10-12-19(24)18(16)9-7-6-8-17-15-23(17,28)21(26)27/h11,13,16-18,20,25,28H,4-10,12,14-15H2,1-3H3,(H,26,27)/t16-,17-,18-,20-,23+/m1/s1/i20D. The third-order valence-electron chi connectivity index (χ3n) is 6.77. The minimum Gasteiger partial charge on any atom is -0.479 e. The van der Waals surface area contributed by atoms with Crippen LogP contribution >= 0.6 is 0 Å². The zero-order valence-corrected chi connectivity index (χ0v) is 17.6. The molecular formula is C23H38O5. The molecule has 0 aromatic rings. The molecular weight excluding hydrogens is 356 g/mol. The second kappa shape index (κ2) is 9.53. The average Bonchev–Trinajstić information content (AvgIpc) is 3.19. The van der Waals surface area contributed by atoms with Gasteiger partial charge in [-0.2, -0.15) is 0 Å². The Morgan fingerprint density at radius 2 is 2.04 bits per heavy atom. The molecule has 3 N–H and O–H groups in total. The van der Waals surface area contributed by atoms with Crippen LogP contribution in [0.1, 0.15) is 86.4 Å². The highest BCUT2D eigenvalue weighted by atomic mass is 16.4. The third-order valence-corrected chi connectivity index (χ3v) is 6.77. The van der Waals surface area contributed by atoms with Gasteiger partial charge in [0.2, 0.25) is 0 Å². The first-order chi connectivity index (χ1) is 13.4. The van der Waals surface area contributed by atoms with Gasteiger partial charge in [-0.15, -0.1) is 0 Å². The molecule has 5 nitrogen and oxygen atoms in total. The van der Waals surface area contributed by atoms with E-state index in [2.05, 4.69) is 6.92 Å². The number of carboxylic acids is 1. The first-order valence-corrected chi connectivity index (χ1v) is 10.8. The highest BCUT2D eigenvalue weighted by Crippen LogP contribution is 2.47. The zero-order valence-electron chi connectivity index (χ0n) is 18.6. The highest BCUT2D eigenvalue weighted by molar-refractivity contribution is 5.83. The molecule has 2 fully saturated rings. The van der Waals surface area contributed by atoms with E-state index < -0.39 is 23.1 Å². The summed E-state index contributed by atoms with van der Waals surface area (Å²) in [6, 6.07) is 0. The molecule has 0 aromatic carbocycles. The smallest absolute Gasteiger partial charge is 0.335 e. The first-order valence-electron chi connectivity index (χ1n) is 11.3. The summed E-state index contributed by atoms with van der Waals surface area (Å²) < 4.78 is 8.39. The fraction of sp³-hybridized carbons (Fsp3) is 0.826. The summed E-state index contributed by atoms with van der Waals surface area (Å²) in [5, 5.41) is 29.5. The van der Waals surface area contributed by atoms with Gasteiger partial charge >= 0.3 is 5.97 Å². The Morgan fingerprint density at radius 3 is 2.64 bits per heavy atom. The molecule has 0 bridgehead atoms. The molecule has 2 saturated carbocycles. The number of carboxylic acid groups (broad SMARTS) is 1. The van der Waals surface area contributed by atoms with E-state index in [1.807, 2.05) is 19.9 Å². The van der Waals surface area contributed by atoms with Crippen molar-refractivity contribution in [3.8, 4) is 0 Å². The van der Waals surface area contributed by atoms with Crippen molar-refractivity contribution in [3.05, 3.63) is 12.2 Å². The molecule has 5 atom stereocenters. The molecule has 0 heterocycles. The van der Waals surface area contributed by atoms with Gasteiger partial charge in [-0.05, 0) is 43.4 Å². The number of hydrogen-bond donors (Lipinski definition) is 3. The molecule has 0 unspecified atom stereocenters. The number of unbranched alkanes of at least 4 members (excludes halogenated alkanes) is 2. The molecule has 0 aromatic heterocycles. The Kier molecular flexibility index (Phi) is 7.32. The maximum atomic E-state index is 12.3. The van der Waals surface area contributed by atoms with Crippen molar-refractivity contribution < 1.29 is 26.3 Å². The van der Waals surface area contributed by atoms with Crippen LogP contribution in [0, 0.1) is 23.2 Å². The molecule has 0 spiro atoms. The predicted octanol–water partition coefficient (Wildman–Crippen LogP) is 4.11. The normalized spacial score (nSPS) is 33.1. The number of rotatable bonds is 12. The van der Waals surface area contributed by atoms with Gasteiger partial charge in [-0.3, -0.25) is 4.79 Å². The second-order valence-corrected chi connectivity index (χ2v) is 9.42. The Bertz CT molecular complexity index is 627. The lowest BCUT2D eigenvalue weighted by molar-refractivity contribution is -0.150. The number of aliphatic carboxylic acids is 1. The molecule has 5 heteroatoms. The van der Waals surface area contributed by atoms with Crippen molar-refractivity contribution in [3.63, 3.8) is 0 Å². The third kappa shape index (κ3) is 5.66. The van der Waals surface area contributed by atoms with E-state index in [-0.39, 0.29) is 23.5 Å². The van der Waals surface area contributed by atoms with Gasteiger partial charge in [-0.25, -0.2) is 4.79 Å². The number of carbonyl (C=O) groups is 2. The van der Waals surface area contributed by atoms with Crippen LogP contribution in [0.15, 0.2) is 12.2 Å². The number of aliphatic hydroxyl groups is 2. The van der Waals surface area contributed by atoms with Gasteiger partial charge in [0.25, 0.3) is 0 Å². The van der Waals surface area contributed by atoms with E-state index in [0.29, 0.717) is 19.3 Å². The predicted molar refractivity (Wildman–Crippen MR) is 109 cm³/mol. The molecule has 0 radical (unpaired) electrons. The maximum absolute atomic E-state index is 12.3. The summed E-state index contributed by atoms with van der Waals surface area (Å²) in [6.07, 6.45) is 9.19. The van der Waals surface area contributed by atoms with Gasteiger partial charge < -0.3 is 15.3 Å². The van der Waals surface area contributed by atoms with Crippen LogP contribution in [0.5, 0.6) is 0 Å². The fourth-order valence-electron chi connectivity index (χ4n) is 4.40. The second-order valence-electron chi connectivity index (χ2n) is 9.42. The van der Waals surface area contributed by atoms with E-state index in [9.17, 15) is 19.8 Å². The van der Waals surface area contributed by atoms with Gasteiger partial charge in [-0.1, -0.05) is 58.6 Å². The molecule has 28 heavy (non-hydrogen) atoms. The minimum absolute atomic E-state index is 0.0539. The highest BCUT2D eigenvalue weighted by Gasteiger charge is 2.58. The summed E-state index contributed by atoms with van der Waals surface area (Å²) >= 11 is 0. The van der Waals surface area contributed by atoms with Crippen molar-refractivity contribution in [1.29, 1.82) is 0 Å². The monoisotopic (exact) mass is 395 g/mol. The van der Waals surface area contributed by atoms with Crippen LogP contribution in [0.2, 0.25) is 0 Å². The zero-order chi connectivity index (χ0) is 21.9. The Labute approximate surface area is 170 Å². The molecule has 0 aliphatic heterocycles. The molecule has 0 amide bonds. The van der Waals surface area contributed by atoms with Crippen molar-refractivity contribution in [2.24, 2.45) is 23.2 Å². The quantitative estimate of drug-likeness (QED) is 0.341. The van der Waals surface area contributed by atoms with Crippen molar-refractivity contribution in [1.82, 2.24) is 0 Å². The number of carbonyl (C=O) groups excluding carboxylic acids is 1. The Balaban J connectivity index is 1.85. The lowest BCUT2D eigenvalue weighted by atomic mass is 9.80. The van der Waals surface area contributed by atoms with Crippen LogP contribution in [0.25, 0.3) is 0 Å². The van der Waals surface area contributed by atoms with Crippen molar-refractivity contribution in [2.45, 2.75) is 96.7 Å². The van der Waals surface area contributed by atoms with Crippen LogP contribution in [-0.4, -0.2) is 38.8 Å². The molecule has 2 rings (SSSR count). The molecule has 0 saturated heterocycles. The topological polar surface area (TPSA) is 94.8 Å². The van der Waals surface area contributed by atoms with E-state index in [4.69, 9.17) is 6.48 Å². The van der Waals surface area contributed by atoms with Crippen molar-refractivity contribution >= 4 is 11.8 Å². The largest absolute Gasteiger partial charge is 0.479 e. The van der Waals surface area contributed by atoms with E-state index in [1.165, 1.54) is 0 Å². The van der Waals surface area contributed by atoms with Gasteiger partial charge in [0.1, 0.15) is 5.78 Å². The summed E-state index contributed by atoms with van der Waals surface area (Å²) in [7, 11) is 0. The fourth-order valence-corrected chi connectivity index (χ4v) is 4.40. The summed E-state index contributed by atoms with van der Waals surface area (Å²) in [5.74, 6) is -1.09.